The average Bonchev–Trinajstić information content (AvgIpc) is 3.46. The number of anilines is 1. The van der Waals surface area contributed by atoms with Crippen molar-refractivity contribution in [3.05, 3.63) is 87.6 Å². The number of esters is 1. The Morgan fingerprint density at radius 2 is 1.76 bits per heavy atom. The molecular formula is C37H40N4O7S. The molecule has 5 rings (SSSR count). The quantitative estimate of drug-likeness (QED) is 0.161. The third-order valence-electron chi connectivity index (χ3n) is 7.74. The van der Waals surface area contributed by atoms with Gasteiger partial charge in [-0.1, -0.05) is 13.0 Å². The highest BCUT2D eigenvalue weighted by Gasteiger charge is 2.27. The lowest BCUT2D eigenvalue weighted by molar-refractivity contribution is 0.0522. The fraction of sp³-hybridized carbons (Fsp3) is 0.324. The van der Waals surface area contributed by atoms with Crippen LogP contribution in [-0.2, 0) is 22.4 Å². The molecule has 49 heavy (non-hydrogen) atoms. The highest BCUT2D eigenvalue weighted by atomic mass is 32.1. The summed E-state index contributed by atoms with van der Waals surface area (Å²) in [6, 6.07) is 14.1. The van der Waals surface area contributed by atoms with Crippen LogP contribution in [0.3, 0.4) is 0 Å². The van der Waals surface area contributed by atoms with E-state index in [1.54, 1.807) is 56.4 Å². The maximum absolute atomic E-state index is 14.2. The van der Waals surface area contributed by atoms with Crippen molar-refractivity contribution in [2.24, 2.45) is 0 Å². The van der Waals surface area contributed by atoms with Crippen LogP contribution in [-0.4, -0.2) is 54.7 Å². The standard InChI is InChI=1S/C37H40N4O7S/c1-7-14-38-34(43)29-11-10-25(31(41-29)35(44)46-6)26-19-30-28(32-22(12-15-47-30)13-16-49-32)18-27(26)33(42)40-24-9-8-23(21(2)17-24)20-39-36(45)48-37(3,4)5/h8-11,13,16-19H,7,12,14-15,20H2,1-6H3,(H,38,43)(H,39,45)(H,40,42). The number of alkyl carbamates (subject to hydrolysis) is 1. The first-order valence-corrected chi connectivity index (χ1v) is 16.9. The lowest BCUT2D eigenvalue weighted by Gasteiger charge is -2.20. The molecule has 0 aliphatic carbocycles. The van der Waals surface area contributed by atoms with Crippen LogP contribution >= 0.6 is 11.3 Å². The van der Waals surface area contributed by atoms with Crippen LogP contribution in [0.25, 0.3) is 21.6 Å². The van der Waals surface area contributed by atoms with Gasteiger partial charge in [-0.3, -0.25) is 9.59 Å². The summed E-state index contributed by atoms with van der Waals surface area (Å²) in [6.45, 7) is 10.4. The lowest BCUT2D eigenvalue weighted by atomic mass is 9.93. The van der Waals surface area contributed by atoms with Crippen molar-refractivity contribution in [3.63, 3.8) is 0 Å². The molecule has 256 valence electrons. The number of rotatable bonds is 9. The number of ether oxygens (including phenoxy) is 3. The first-order valence-electron chi connectivity index (χ1n) is 16.0. The first kappa shape index (κ1) is 35.1. The molecule has 12 heteroatoms. The summed E-state index contributed by atoms with van der Waals surface area (Å²) in [6.07, 6.45) is 0.918. The Bertz CT molecular complexity index is 1910. The number of nitrogens with zero attached hydrogens (tertiary/aromatic N) is 1. The van der Waals surface area contributed by atoms with Gasteiger partial charge in [0.1, 0.15) is 17.0 Å². The molecule has 1 aliphatic rings. The van der Waals surface area contributed by atoms with Gasteiger partial charge in [-0.2, -0.15) is 0 Å². The Labute approximate surface area is 289 Å². The molecule has 0 saturated heterocycles. The number of carbonyl (C=O) groups is 4. The number of pyridine rings is 1. The number of amides is 3. The van der Waals surface area contributed by atoms with Crippen molar-refractivity contribution in [1.82, 2.24) is 15.6 Å². The number of hydrogen-bond donors (Lipinski definition) is 3. The van der Waals surface area contributed by atoms with Crippen LogP contribution in [0.2, 0.25) is 0 Å². The topological polar surface area (TPSA) is 145 Å². The highest BCUT2D eigenvalue weighted by molar-refractivity contribution is 7.13. The first-order chi connectivity index (χ1) is 23.4. The number of aryl methyl sites for hydroxylation is 1. The number of fused-ring (bicyclic) bond motifs is 3. The van der Waals surface area contributed by atoms with Gasteiger partial charge in [0.2, 0.25) is 0 Å². The fourth-order valence-electron chi connectivity index (χ4n) is 5.36. The second-order valence-electron chi connectivity index (χ2n) is 12.6. The van der Waals surface area contributed by atoms with Crippen molar-refractivity contribution in [1.29, 1.82) is 0 Å². The van der Waals surface area contributed by atoms with E-state index in [1.807, 2.05) is 31.4 Å². The normalized spacial score (nSPS) is 12.0. The van der Waals surface area contributed by atoms with Crippen molar-refractivity contribution in [3.8, 4) is 27.3 Å². The van der Waals surface area contributed by atoms with E-state index in [4.69, 9.17) is 14.2 Å². The van der Waals surface area contributed by atoms with Gasteiger partial charge in [0.25, 0.3) is 11.8 Å². The van der Waals surface area contributed by atoms with E-state index in [9.17, 15) is 19.2 Å². The Kier molecular flexibility index (Phi) is 10.7. The fourth-order valence-corrected chi connectivity index (χ4v) is 6.34. The summed E-state index contributed by atoms with van der Waals surface area (Å²) < 4.78 is 16.6. The summed E-state index contributed by atoms with van der Waals surface area (Å²) in [5.74, 6) is -1.05. The maximum atomic E-state index is 14.2. The zero-order chi connectivity index (χ0) is 35.3. The molecule has 4 aromatic rings. The monoisotopic (exact) mass is 684 g/mol. The number of aromatic nitrogens is 1. The third kappa shape index (κ3) is 8.26. The second-order valence-corrected chi connectivity index (χ2v) is 13.5. The third-order valence-corrected chi connectivity index (χ3v) is 8.73. The molecule has 3 N–H and O–H groups in total. The molecule has 0 spiro atoms. The number of thiophene rings is 1. The molecule has 0 saturated carbocycles. The molecule has 0 radical (unpaired) electrons. The zero-order valence-corrected chi connectivity index (χ0v) is 29.3. The van der Waals surface area contributed by atoms with Gasteiger partial charge < -0.3 is 30.2 Å². The minimum Gasteiger partial charge on any atom is -0.493 e. The predicted molar refractivity (Wildman–Crippen MR) is 188 cm³/mol. The molecular weight excluding hydrogens is 644 g/mol. The summed E-state index contributed by atoms with van der Waals surface area (Å²) in [5, 5.41) is 10.5. The van der Waals surface area contributed by atoms with E-state index in [2.05, 4.69) is 27.0 Å². The Morgan fingerprint density at radius 3 is 2.47 bits per heavy atom. The number of benzene rings is 2. The van der Waals surface area contributed by atoms with Crippen molar-refractivity contribution in [2.75, 3.05) is 25.6 Å². The van der Waals surface area contributed by atoms with Gasteiger partial charge in [0.15, 0.2) is 5.69 Å². The maximum Gasteiger partial charge on any atom is 0.407 e. The summed E-state index contributed by atoms with van der Waals surface area (Å²) in [5.41, 5.74) is 4.42. The zero-order valence-electron chi connectivity index (χ0n) is 28.4. The highest BCUT2D eigenvalue weighted by Crippen LogP contribution is 2.43. The summed E-state index contributed by atoms with van der Waals surface area (Å²) in [7, 11) is 1.23. The Morgan fingerprint density at radius 1 is 0.959 bits per heavy atom. The van der Waals surface area contributed by atoms with E-state index < -0.39 is 29.5 Å². The largest absolute Gasteiger partial charge is 0.493 e. The molecule has 0 unspecified atom stereocenters. The summed E-state index contributed by atoms with van der Waals surface area (Å²) in [4.78, 5) is 57.6. The number of nitrogens with one attached hydrogen (secondary N) is 3. The molecule has 11 nitrogen and oxygen atoms in total. The van der Waals surface area contributed by atoms with Gasteiger partial charge in [-0.05, 0) is 98.7 Å². The summed E-state index contributed by atoms with van der Waals surface area (Å²) >= 11 is 1.56. The van der Waals surface area contributed by atoms with Crippen LogP contribution in [0.15, 0.2) is 53.9 Å². The molecule has 1 aliphatic heterocycles. The van der Waals surface area contributed by atoms with Gasteiger partial charge >= 0.3 is 12.1 Å². The number of hydrogen-bond acceptors (Lipinski definition) is 9. The molecule has 3 heterocycles. The van der Waals surface area contributed by atoms with Crippen molar-refractivity contribution in [2.45, 2.75) is 59.6 Å². The Hall–Kier alpha value is -5.23. The number of carbonyl (C=O) groups excluding carboxylic acids is 4. The lowest BCUT2D eigenvalue weighted by Crippen LogP contribution is -2.32. The van der Waals surface area contributed by atoms with E-state index in [-0.39, 0.29) is 23.5 Å². The predicted octanol–water partition coefficient (Wildman–Crippen LogP) is 6.92. The smallest absolute Gasteiger partial charge is 0.407 e. The van der Waals surface area contributed by atoms with Crippen molar-refractivity contribution >= 4 is 40.9 Å². The van der Waals surface area contributed by atoms with Crippen LogP contribution in [0.1, 0.15) is 82.1 Å². The molecule has 0 atom stereocenters. The molecule has 2 aromatic carbocycles. The van der Waals surface area contributed by atoms with E-state index in [1.165, 1.54) is 13.2 Å². The van der Waals surface area contributed by atoms with Gasteiger partial charge in [0.05, 0.1) is 13.7 Å². The molecule has 3 amide bonds. The van der Waals surface area contributed by atoms with Crippen LogP contribution in [0.4, 0.5) is 10.5 Å². The van der Waals surface area contributed by atoms with E-state index >= 15 is 0 Å². The van der Waals surface area contributed by atoms with Crippen molar-refractivity contribution < 1.29 is 33.4 Å². The minimum absolute atomic E-state index is 0.0505. The van der Waals surface area contributed by atoms with Gasteiger partial charge in [0, 0.05) is 52.3 Å². The molecule has 0 bridgehead atoms. The minimum atomic E-state index is -0.755. The van der Waals surface area contributed by atoms with Crippen LogP contribution in [0.5, 0.6) is 5.75 Å². The SMILES string of the molecule is CCCNC(=O)c1ccc(-c2cc3c(cc2C(=O)Nc2ccc(CNC(=O)OC(C)(C)C)c(C)c2)-c2sccc2CCO3)c(C(=O)OC)n1. The van der Waals surface area contributed by atoms with Gasteiger partial charge in [-0.15, -0.1) is 11.3 Å². The average molecular weight is 685 g/mol. The van der Waals surface area contributed by atoms with Crippen LogP contribution < -0.4 is 20.7 Å². The Balaban J connectivity index is 1.54. The van der Waals surface area contributed by atoms with E-state index in [0.717, 1.165) is 33.6 Å². The van der Waals surface area contributed by atoms with E-state index in [0.29, 0.717) is 42.1 Å². The van der Waals surface area contributed by atoms with Crippen LogP contribution in [0, 0.1) is 6.92 Å². The van der Waals surface area contributed by atoms with Gasteiger partial charge in [-0.25, -0.2) is 14.6 Å². The number of methoxy groups -OCH3 is 1. The second kappa shape index (κ2) is 14.9. The molecule has 0 fully saturated rings. The molecule has 2 aromatic heterocycles.